The quantitative estimate of drug-likeness (QED) is 0.527. The van der Waals surface area contributed by atoms with Crippen molar-refractivity contribution in [2.45, 2.75) is 6.04 Å². The molecule has 35 heavy (non-hydrogen) atoms. The summed E-state index contributed by atoms with van der Waals surface area (Å²) >= 11 is 5.97. The Morgan fingerprint density at radius 1 is 0.971 bits per heavy atom. The highest BCUT2D eigenvalue weighted by Crippen LogP contribution is 2.36. The number of methoxy groups -OCH3 is 1. The van der Waals surface area contributed by atoms with Gasteiger partial charge >= 0.3 is 0 Å². The zero-order valence-corrected chi connectivity index (χ0v) is 20.3. The lowest BCUT2D eigenvalue weighted by Crippen LogP contribution is -2.50. The van der Waals surface area contributed by atoms with Crippen molar-refractivity contribution in [3.05, 3.63) is 82.9 Å². The van der Waals surface area contributed by atoms with Crippen LogP contribution in [0, 0.1) is 0 Å². The van der Waals surface area contributed by atoms with Crippen LogP contribution in [0.15, 0.2) is 66.7 Å². The fraction of sp³-hybridized carbons (Fsp3) is 0.296. The van der Waals surface area contributed by atoms with Crippen molar-refractivity contribution < 1.29 is 19.0 Å². The summed E-state index contributed by atoms with van der Waals surface area (Å²) in [6, 6.07) is 21.1. The summed E-state index contributed by atoms with van der Waals surface area (Å²) in [6.07, 6.45) is 0. The number of amides is 1. The standard InChI is InChI=1S/C27H28ClN3O4/c1-33-23-9-7-22(8-10-23)30-12-14-31(15-13-30)24(20-4-11-25-26(16-20)35-18-34-25)17-29-27(32)19-2-5-21(28)6-3-19/h2-11,16,24H,12-15,17-18H2,1H3,(H,29,32)/t24-/m0/s1. The van der Waals surface area contributed by atoms with Gasteiger partial charge in [0.2, 0.25) is 6.79 Å². The van der Waals surface area contributed by atoms with Crippen LogP contribution < -0.4 is 24.4 Å². The van der Waals surface area contributed by atoms with Crippen LogP contribution in [-0.4, -0.2) is 57.4 Å². The van der Waals surface area contributed by atoms with Crippen molar-refractivity contribution in [3.8, 4) is 17.2 Å². The van der Waals surface area contributed by atoms with Gasteiger partial charge < -0.3 is 24.4 Å². The normalized spacial score (nSPS) is 16.1. The average molecular weight is 494 g/mol. The summed E-state index contributed by atoms with van der Waals surface area (Å²) in [5.74, 6) is 2.23. The molecular weight excluding hydrogens is 466 g/mol. The number of halogens is 1. The summed E-state index contributed by atoms with van der Waals surface area (Å²) in [5.41, 5.74) is 2.85. The van der Waals surface area contributed by atoms with Gasteiger partial charge in [-0.3, -0.25) is 9.69 Å². The molecule has 8 heteroatoms. The van der Waals surface area contributed by atoms with Gasteiger partial charge in [-0.05, 0) is 66.2 Å². The van der Waals surface area contributed by atoms with Gasteiger partial charge in [-0.25, -0.2) is 0 Å². The van der Waals surface area contributed by atoms with Gasteiger partial charge in [0, 0.05) is 49.0 Å². The molecule has 182 valence electrons. The molecule has 1 atom stereocenters. The van der Waals surface area contributed by atoms with E-state index in [1.165, 1.54) is 5.69 Å². The zero-order valence-electron chi connectivity index (χ0n) is 19.6. The van der Waals surface area contributed by atoms with Gasteiger partial charge in [0.25, 0.3) is 5.91 Å². The van der Waals surface area contributed by atoms with Crippen molar-refractivity contribution in [1.82, 2.24) is 10.2 Å². The van der Waals surface area contributed by atoms with Crippen molar-refractivity contribution in [3.63, 3.8) is 0 Å². The third-order valence-electron chi connectivity index (χ3n) is 6.54. The monoisotopic (exact) mass is 493 g/mol. The Hall–Kier alpha value is -3.42. The highest BCUT2D eigenvalue weighted by atomic mass is 35.5. The molecule has 3 aromatic rings. The number of fused-ring (bicyclic) bond motifs is 1. The molecule has 2 aliphatic heterocycles. The molecular formula is C27H28ClN3O4. The molecule has 0 unspecified atom stereocenters. The van der Waals surface area contributed by atoms with Gasteiger partial charge in [-0.1, -0.05) is 17.7 Å². The lowest BCUT2D eigenvalue weighted by molar-refractivity contribution is 0.0930. The molecule has 7 nitrogen and oxygen atoms in total. The zero-order chi connectivity index (χ0) is 24.2. The Labute approximate surface area is 210 Å². The van der Waals surface area contributed by atoms with Gasteiger partial charge in [-0.15, -0.1) is 0 Å². The minimum absolute atomic E-state index is 0.00114. The number of hydrogen-bond acceptors (Lipinski definition) is 6. The first-order valence-corrected chi connectivity index (χ1v) is 12.0. The minimum atomic E-state index is -0.121. The number of hydrogen-bond donors (Lipinski definition) is 1. The number of carbonyl (C=O) groups excluding carboxylic acids is 1. The van der Waals surface area contributed by atoms with E-state index in [-0.39, 0.29) is 18.7 Å². The molecule has 1 saturated heterocycles. The van der Waals surface area contributed by atoms with Crippen molar-refractivity contribution in [1.29, 1.82) is 0 Å². The molecule has 5 rings (SSSR count). The molecule has 2 aliphatic rings. The second kappa shape index (κ2) is 10.5. The number of carbonyl (C=O) groups is 1. The van der Waals surface area contributed by atoms with Crippen molar-refractivity contribution >= 4 is 23.2 Å². The van der Waals surface area contributed by atoms with E-state index >= 15 is 0 Å². The van der Waals surface area contributed by atoms with Gasteiger partial charge in [0.15, 0.2) is 11.5 Å². The first-order chi connectivity index (χ1) is 17.1. The van der Waals surface area contributed by atoms with Crippen LogP contribution in [0.5, 0.6) is 17.2 Å². The smallest absolute Gasteiger partial charge is 0.251 e. The van der Waals surface area contributed by atoms with Crippen LogP contribution >= 0.6 is 11.6 Å². The number of nitrogens with one attached hydrogen (secondary N) is 1. The number of benzene rings is 3. The highest BCUT2D eigenvalue weighted by molar-refractivity contribution is 6.30. The fourth-order valence-electron chi connectivity index (χ4n) is 4.56. The third-order valence-corrected chi connectivity index (χ3v) is 6.79. The van der Waals surface area contributed by atoms with E-state index in [0.717, 1.165) is 49.0 Å². The molecule has 0 spiro atoms. The summed E-state index contributed by atoms with van der Waals surface area (Å²) < 4.78 is 16.4. The lowest BCUT2D eigenvalue weighted by Gasteiger charge is -2.40. The second-order valence-corrected chi connectivity index (χ2v) is 9.00. The van der Waals surface area contributed by atoms with Crippen LogP contribution in [-0.2, 0) is 0 Å². The highest BCUT2D eigenvalue weighted by Gasteiger charge is 2.27. The van der Waals surface area contributed by atoms with E-state index in [0.29, 0.717) is 17.1 Å². The predicted octanol–water partition coefficient (Wildman–Crippen LogP) is 4.37. The molecule has 3 aromatic carbocycles. The number of anilines is 1. The van der Waals surface area contributed by atoms with Crippen molar-refractivity contribution in [2.75, 3.05) is 51.5 Å². The summed E-state index contributed by atoms with van der Waals surface area (Å²) in [5, 5.41) is 3.72. The van der Waals surface area contributed by atoms with Crippen molar-refractivity contribution in [2.24, 2.45) is 0 Å². The molecule has 1 N–H and O–H groups in total. The maximum Gasteiger partial charge on any atom is 0.251 e. The molecule has 0 aliphatic carbocycles. The molecule has 1 fully saturated rings. The summed E-state index contributed by atoms with van der Waals surface area (Å²) in [6.45, 7) is 4.21. The van der Waals surface area contributed by atoms with Crippen LogP contribution in [0.1, 0.15) is 22.0 Å². The molecule has 0 saturated carbocycles. The van der Waals surface area contributed by atoms with Crippen LogP contribution in [0.4, 0.5) is 5.69 Å². The Bertz CT molecular complexity index is 1160. The molecule has 0 bridgehead atoms. The molecule has 1 amide bonds. The summed E-state index contributed by atoms with van der Waals surface area (Å²) in [4.78, 5) is 17.6. The molecule has 0 aromatic heterocycles. The topological polar surface area (TPSA) is 63.3 Å². The van der Waals surface area contributed by atoms with Crippen LogP contribution in [0.2, 0.25) is 5.02 Å². The van der Waals surface area contributed by atoms with Gasteiger partial charge in [0.1, 0.15) is 5.75 Å². The van der Waals surface area contributed by atoms with E-state index < -0.39 is 0 Å². The number of nitrogens with zero attached hydrogens (tertiary/aromatic N) is 2. The first kappa shape index (κ1) is 23.3. The second-order valence-electron chi connectivity index (χ2n) is 8.57. The van der Waals surface area contributed by atoms with Crippen LogP contribution in [0.3, 0.4) is 0 Å². The van der Waals surface area contributed by atoms with Gasteiger partial charge in [-0.2, -0.15) is 0 Å². The first-order valence-electron chi connectivity index (χ1n) is 11.7. The van der Waals surface area contributed by atoms with Gasteiger partial charge in [0.05, 0.1) is 13.2 Å². The molecule has 0 radical (unpaired) electrons. The average Bonchev–Trinajstić information content (AvgIpc) is 3.38. The van der Waals surface area contributed by atoms with Crippen LogP contribution in [0.25, 0.3) is 0 Å². The summed E-state index contributed by atoms with van der Waals surface area (Å²) in [7, 11) is 1.68. The van der Waals surface area contributed by atoms with E-state index in [9.17, 15) is 4.79 Å². The maximum atomic E-state index is 12.8. The largest absolute Gasteiger partial charge is 0.497 e. The third kappa shape index (κ3) is 5.31. The lowest BCUT2D eigenvalue weighted by atomic mass is 10.0. The number of ether oxygens (including phenoxy) is 3. The molecule has 2 heterocycles. The maximum absolute atomic E-state index is 12.8. The SMILES string of the molecule is COc1ccc(N2CCN([C@@H](CNC(=O)c3ccc(Cl)cc3)c3ccc4c(c3)OCO4)CC2)cc1. The Kier molecular flexibility index (Phi) is 6.97. The number of piperazine rings is 1. The Balaban J connectivity index is 1.30. The Morgan fingerprint density at radius 3 is 2.40 bits per heavy atom. The van der Waals surface area contributed by atoms with E-state index in [4.69, 9.17) is 25.8 Å². The number of rotatable bonds is 7. The van der Waals surface area contributed by atoms with E-state index in [2.05, 4.69) is 33.3 Å². The fourth-order valence-corrected chi connectivity index (χ4v) is 4.68. The predicted molar refractivity (Wildman–Crippen MR) is 136 cm³/mol. The minimum Gasteiger partial charge on any atom is -0.497 e. The van der Waals surface area contributed by atoms with E-state index in [1.54, 1.807) is 31.4 Å². The Morgan fingerprint density at radius 2 is 1.69 bits per heavy atom. The van der Waals surface area contributed by atoms with E-state index in [1.807, 2.05) is 24.3 Å².